The lowest BCUT2D eigenvalue weighted by Gasteiger charge is -2.12. The van der Waals surface area contributed by atoms with E-state index in [4.69, 9.17) is 0 Å². The van der Waals surface area contributed by atoms with Crippen molar-refractivity contribution < 1.29 is 10.2 Å². The van der Waals surface area contributed by atoms with Crippen molar-refractivity contribution in [1.29, 1.82) is 0 Å². The van der Waals surface area contributed by atoms with Crippen LogP contribution in [-0.4, -0.2) is 10.2 Å². The zero-order valence-electron chi connectivity index (χ0n) is 9.43. The second kappa shape index (κ2) is 3.81. The molecule has 1 aliphatic carbocycles. The lowest BCUT2D eigenvalue weighted by atomic mass is 9.93. The summed E-state index contributed by atoms with van der Waals surface area (Å²) in [6, 6.07) is 13.0. The van der Waals surface area contributed by atoms with Crippen LogP contribution in [0, 0.1) is 0 Å². The van der Waals surface area contributed by atoms with Crippen molar-refractivity contribution in [3.63, 3.8) is 0 Å². The molecule has 2 heteroatoms. The molecule has 1 aliphatic rings. The van der Waals surface area contributed by atoms with E-state index in [-0.39, 0.29) is 0 Å². The number of phenols is 2. The Labute approximate surface area is 100 Å². The minimum Gasteiger partial charge on any atom is -0.508 e. The summed E-state index contributed by atoms with van der Waals surface area (Å²) in [5.74, 6) is 1.04. The van der Waals surface area contributed by atoms with E-state index in [1.165, 1.54) is 16.7 Å². The Bertz CT molecular complexity index is 543. The van der Waals surface area contributed by atoms with Gasteiger partial charge in [-0.3, -0.25) is 0 Å². The third kappa shape index (κ3) is 1.76. The number of rotatable bonds is 1. The predicted octanol–water partition coefficient (Wildman–Crippen LogP) is 3.18. The SMILES string of the molecule is Oc1ccc(C2CCc3cc(O)ccc32)cc1. The lowest BCUT2D eigenvalue weighted by Crippen LogP contribution is -1.95. The molecule has 1 atom stereocenters. The van der Waals surface area contributed by atoms with Crippen LogP contribution in [0.2, 0.25) is 0 Å². The summed E-state index contributed by atoms with van der Waals surface area (Å²) < 4.78 is 0. The first-order valence-corrected chi connectivity index (χ1v) is 5.85. The van der Waals surface area contributed by atoms with Crippen LogP contribution in [0.4, 0.5) is 0 Å². The van der Waals surface area contributed by atoms with Crippen LogP contribution < -0.4 is 0 Å². The number of aromatic hydroxyl groups is 2. The molecule has 0 spiro atoms. The molecule has 0 heterocycles. The van der Waals surface area contributed by atoms with Gasteiger partial charge in [0.05, 0.1) is 0 Å². The van der Waals surface area contributed by atoms with Gasteiger partial charge >= 0.3 is 0 Å². The van der Waals surface area contributed by atoms with Crippen LogP contribution in [-0.2, 0) is 6.42 Å². The molecule has 0 amide bonds. The van der Waals surface area contributed by atoms with Crippen molar-refractivity contribution in [2.24, 2.45) is 0 Å². The summed E-state index contributed by atoms with van der Waals surface area (Å²) in [6.45, 7) is 0. The molecule has 2 nitrogen and oxygen atoms in total. The standard InChI is InChI=1S/C15H14O2/c16-12-4-1-10(2-5-12)14-7-3-11-9-13(17)6-8-15(11)14/h1-2,4-6,8-9,14,16-17H,3,7H2. The van der Waals surface area contributed by atoms with Crippen molar-refractivity contribution in [3.05, 3.63) is 59.2 Å². The average Bonchev–Trinajstić information content (AvgIpc) is 2.73. The van der Waals surface area contributed by atoms with E-state index < -0.39 is 0 Å². The van der Waals surface area contributed by atoms with E-state index in [0.717, 1.165) is 12.8 Å². The molecule has 2 aromatic rings. The maximum Gasteiger partial charge on any atom is 0.115 e. The number of aryl methyl sites for hydroxylation is 1. The van der Waals surface area contributed by atoms with Crippen LogP contribution in [0.3, 0.4) is 0 Å². The molecular formula is C15H14O2. The highest BCUT2D eigenvalue weighted by Gasteiger charge is 2.23. The highest BCUT2D eigenvalue weighted by Crippen LogP contribution is 2.39. The van der Waals surface area contributed by atoms with Crippen molar-refractivity contribution in [1.82, 2.24) is 0 Å². The van der Waals surface area contributed by atoms with Gasteiger partial charge in [0.15, 0.2) is 0 Å². The Hall–Kier alpha value is -1.96. The maximum atomic E-state index is 9.46. The largest absolute Gasteiger partial charge is 0.508 e. The minimum absolute atomic E-state index is 0.303. The van der Waals surface area contributed by atoms with E-state index in [1.807, 2.05) is 24.3 Å². The first-order valence-electron chi connectivity index (χ1n) is 5.85. The third-order valence-electron chi connectivity index (χ3n) is 3.50. The van der Waals surface area contributed by atoms with Crippen LogP contribution in [0.15, 0.2) is 42.5 Å². The number of hydrogen-bond donors (Lipinski definition) is 2. The monoisotopic (exact) mass is 226 g/mol. The number of benzene rings is 2. The predicted molar refractivity (Wildman–Crippen MR) is 66.4 cm³/mol. The summed E-state index contributed by atoms with van der Waals surface area (Å²) >= 11 is 0. The molecule has 0 saturated carbocycles. The van der Waals surface area contributed by atoms with Crippen molar-refractivity contribution >= 4 is 0 Å². The molecule has 0 saturated heterocycles. The Morgan fingerprint density at radius 3 is 2.35 bits per heavy atom. The third-order valence-corrected chi connectivity index (χ3v) is 3.50. The fourth-order valence-corrected chi connectivity index (χ4v) is 2.66. The summed E-state index contributed by atoms with van der Waals surface area (Å²) in [4.78, 5) is 0. The molecule has 0 bridgehead atoms. The molecule has 0 aromatic heterocycles. The number of fused-ring (bicyclic) bond motifs is 1. The van der Waals surface area contributed by atoms with Crippen LogP contribution in [0.5, 0.6) is 11.5 Å². The summed E-state index contributed by atoms with van der Waals surface area (Å²) in [7, 11) is 0. The molecule has 0 radical (unpaired) electrons. The van der Waals surface area contributed by atoms with Crippen molar-refractivity contribution in [3.8, 4) is 11.5 Å². The zero-order chi connectivity index (χ0) is 11.8. The lowest BCUT2D eigenvalue weighted by molar-refractivity contribution is 0.474. The van der Waals surface area contributed by atoms with E-state index in [2.05, 4.69) is 0 Å². The molecule has 2 N–H and O–H groups in total. The summed E-state index contributed by atoms with van der Waals surface area (Å²) in [5, 5.41) is 18.8. The average molecular weight is 226 g/mol. The van der Waals surface area contributed by atoms with Gasteiger partial charge in [0.2, 0.25) is 0 Å². The van der Waals surface area contributed by atoms with Gasteiger partial charge in [0.25, 0.3) is 0 Å². The molecule has 0 aliphatic heterocycles. The van der Waals surface area contributed by atoms with E-state index in [0.29, 0.717) is 17.4 Å². The maximum absolute atomic E-state index is 9.46. The smallest absolute Gasteiger partial charge is 0.115 e. The topological polar surface area (TPSA) is 40.5 Å². The molecule has 1 unspecified atom stereocenters. The van der Waals surface area contributed by atoms with Gasteiger partial charge in [-0.2, -0.15) is 0 Å². The Balaban J connectivity index is 2.01. The van der Waals surface area contributed by atoms with Gasteiger partial charge < -0.3 is 10.2 Å². The Morgan fingerprint density at radius 1 is 0.882 bits per heavy atom. The van der Waals surface area contributed by atoms with Gasteiger partial charge in [-0.25, -0.2) is 0 Å². The van der Waals surface area contributed by atoms with E-state index in [9.17, 15) is 10.2 Å². The summed E-state index contributed by atoms with van der Waals surface area (Å²) in [6.07, 6.45) is 2.08. The van der Waals surface area contributed by atoms with Gasteiger partial charge in [0, 0.05) is 5.92 Å². The van der Waals surface area contributed by atoms with E-state index >= 15 is 0 Å². The van der Waals surface area contributed by atoms with Crippen molar-refractivity contribution in [2.45, 2.75) is 18.8 Å². The molecule has 3 rings (SSSR count). The Morgan fingerprint density at radius 2 is 1.59 bits per heavy atom. The fraction of sp³-hybridized carbons (Fsp3) is 0.200. The van der Waals surface area contributed by atoms with Gasteiger partial charge in [-0.05, 0) is 53.8 Å². The van der Waals surface area contributed by atoms with Crippen LogP contribution in [0.25, 0.3) is 0 Å². The molecule has 2 aromatic carbocycles. The first kappa shape index (κ1) is 10.2. The quantitative estimate of drug-likeness (QED) is 0.784. The normalized spacial score (nSPS) is 18.0. The van der Waals surface area contributed by atoms with Crippen LogP contribution in [0.1, 0.15) is 29.0 Å². The highest BCUT2D eigenvalue weighted by atomic mass is 16.3. The number of phenolic OH excluding ortho intramolecular Hbond substituents is 2. The zero-order valence-corrected chi connectivity index (χ0v) is 9.43. The highest BCUT2D eigenvalue weighted by molar-refractivity contribution is 5.46. The molecule has 17 heavy (non-hydrogen) atoms. The number of hydrogen-bond acceptors (Lipinski definition) is 2. The second-order valence-corrected chi connectivity index (χ2v) is 4.57. The van der Waals surface area contributed by atoms with Gasteiger partial charge in [-0.1, -0.05) is 18.2 Å². The van der Waals surface area contributed by atoms with Crippen LogP contribution >= 0.6 is 0 Å². The Kier molecular flexibility index (Phi) is 2.29. The molecule has 86 valence electrons. The van der Waals surface area contributed by atoms with E-state index in [1.54, 1.807) is 18.2 Å². The molecular weight excluding hydrogens is 212 g/mol. The fourth-order valence-electron chi connectivity index (χ4n) is 2.66. The van der Waals surface area contributed by atoms with Gasteiger partial charge in [-0.15, -0.1) is 0 Å². The van der Waals surface area contributed by atoms with Crippen molar-refractivity contribution in [2.75, 3.05) is 0 Å². The summed E-state index contributed by atoms with van der Waals surface area (Å²) in [5.41, 5.74) is 3.77. The molecule has 0 fully saturated rings. The first-order chi connectivity index (χ1) is 8.24. The second-order valence-electron chi connectivity index (χ2n) is 4.57. The minimum atomic E-state index is 0.303. The van der Waals surface area contributed by atoms with Gasteiger partial charge in [0.1, 0.15) is 11.5 Å².